The van der Waals surface area contributed by atoms with Gasteiger partial charge in [-0.2, -0.15) is 0 Å². The van der Waals surface area contributed by atoms with Crippen molar-refractivity contribution in [3.63, 3.8) is 0 Å². The quantitative estimate of drug-likeness (QED) is 0.494. The minimum atomic E-state index is -0.625. The summed E-state index contributed by atoms with van der Waals surface area (Å²) in [5.41, 5.74) is 4.55. The second-order valence-electron chi connectivity index (χ2n) is 10.9. The van der Waals surface area contributed by atoms with Crippen LogP contribution in [0.5, 0.6) is 0 Å². The van der Waals surface area contributed by atoms with Crippen molar-refractivity contribution >= 4 is 0 Å². The molecule has 0 aliphatic heterocycles. The molecule has 168 valence electrons. The van der Waals surface area contributed by atoms with E-state index in [1.807, 2.05) is 13.8 Å². The molecule has 0 saturated heterocycles. The fourth-order valence-electron chi connectivity index (χ4n) is 6.08. The highest BCUT2D eigenvalue weighted by atomic mass is 16.3. The van der Waals surface area contributed by atoms with Crippen LogP contribution in [0.4, 0.5) is 0 Å². The van der Waals surface area contributed by atoms with Gasteiger partial charge in [0.25, 0.3) is 0 Å². The maximum atomic E-state index is 10.1. The largest absolute Gasteiger partial charge is 0.393 e. The van der Waals surface area contributed by atoms with Crippen LogP contribution >= 0.6 is 0 Å². The van der Waals surface area contributed by atoms with Gasteiger partial charge in [0.2, 0.25) is 0 Å². The predicted molar refractivity (Wildman–Crippen MR) is 124 cm³/mol. The van der Waals surface area contributed by atoms with Gasteiger partial charge in [0.15, 0.2) is 0 Å². The van der Waals surface area contributed by atoms with Crippen LogP contribution in [0.1, 0.15) is 85.5 Å². The second-order valence-corrected chi connectivity index (χ2v) is 10.9. The lowest BCUT2D eigenvalue weighted by atomic mass is 9.62. The van der Waals surface area contributed by atoms with Crippen LogP contribution in [-0.4, -0.2) is 33.1 Å². The molecule has 0 spiro atoms. The van der Waals surface area contributed by atoms with Gasteiger partial charge in [-0.05, 0) is 87.2 Å². The second kappa shape index (κ2) is 9.14. The van der Waals surface area contributed by atoms with E-state index in [2.05, 4.69) is 38.7 Å². The molecular formula is C27H42O3. The van der Waals surface area contributed by atoms with Crippen molar-refractivity contribution in [3.8, 4) is 0 Å². The Morgan fingerprint density at radius 1 is 1.30 bits per heavy atom. The summed E-state index contributed by atoms with van der Waals surface area (Å²) in [5.74, 6) is 1.12. The maximum Gasteiger partial charge on any atom is 0.0811 e. The minimum absolute atomic E-state index is 0.235. The third-order valence-corrected chi connectivity index (χ3v) is 7.83. The third kappa shape index (κ3) is 5.18. The molecule has 3 N–H and O–H groups in total. The fraction of sp³-hybridized carbons (Fsp3) is 0.704. The number of hydrogen-bond acceptors (Lipinski definition) is 3. The van der Waals surface area contributed by atoms with Gasteiger partial charge in [-0.3, -0.25) is 0 Å². The first-order chi connectivity index (χ1) is 14.0. The molecule has 0 bridgehead atoms. The van der Waals surface area contributed by atoms with E-state index in [-0.39, 0.29) is 5.41 Å². The molecule has 0 aromatic rings. The number of allylic oxidation sites excluding steroid dienone is 5. The number of aliphatic hydroxyl groups excluding tert-OH is 2. The molecule has 5 atom stereocenters. The molecule has 0 heterocycles. The summed E-state index contributed by atoms with van der Waals surface area (Å²) < 4.78 is 0. The predicted octanol–water partition coefficient (Wildman–Crippen LogP) is 5.62. The average Bonchev–Trinajstić information content (AvgIpc) is 3.00. The number of hydrogen-bond donors (Lipinski definition) is 3. The van der Waals surface area contributed by atoms with E-state index in [4.69, 9.17) is 0 Å². The molecule has 2 saturated carbocycles. The highest BCUT2D eigenvalue weighted by Crippen LogP contribution is 2.57. The van der Waals surface area contributed by atoms with Crippen LogP contribution in [0.3, 0.4) is 0 Å². The Balaban J connectivity index is 1.71. The molecule has 3 rings (SSSR count). The molecule has 3 aliphatic carbocycles. The van der Waals surface area contributed by atoms with Crippen molar-refractivity contribution in [2.75, 3.05) is 0 Å². The molecule has 3 nitrogen and oxygen atoms in total. The third-order valence-electron chi connectivity index (χ3n) is 7.83. The van der Waals surface area contributed by atoms with E-state index < -0.39 is 17.8 Å². The fourth-order valence-corrected chi connectivity index (χ4v) is 6.08. The molecule has 0 aromatic heterocycles. The molecular weight excluding hydrogens is 372 g/mol. The summed E-state index contributed by atoms with van der Waals surface area (Å²) in [4.78, 5) is 0. The highest BCUT2D eigenvalue weighted by molar-refractivity contribution is 5.40. The zero-order chi connectivity index (χ0) is 22.1. The van der Waals surface area contributed by atoms with Gasteiger partial charge in [-0.1, -0.05) is 56.2 Å². The van der Waals surface area contributed by atoms with Crippen molar-refractivity contribution < 1.29 is 15.3 Å². The summed E-state index contributed by atoms with van der Waals surface area (Å²) in [7, 11) is 0. The van der Waals surface area contributed by atoms with E-state index in [1.54, 1.807) is 5.57 Å². The highest BCUT2D eigenvalue weighted by Gasteiger charge is 2.45. The Morgan fingerprint density at radius 2 is 2.03 bits per heavy atom. The Kier molecular flexibility index (Phi) is 7.16. The van der Waals surface area contributed by atoms with E-state index in [9.17, 15) is 15.3 Å². The molecule has 0 amide bonds. The monoisotopic (exact) mass is 414 g/mol. The van der Waals surface area contributed by atoms with Crippen molar-refractivity contribution in [1.29, 1.82) is 0 Å². The Bertz CT molecular complexity index is 736. The molecule has 0 radical (unpaired) electrons. The lowest BCUT2D eigenvalue weighted by Crippen LogP contribution is -2.32. The topological polar surface area (TPSA) is 60.7 Å². The van der Waals surface area contributed by atoms with Crippen LogP contribution in [-0.2, 0) is 0 Å². The van der Waals surface area contributed by atoms with Gasteiger partial charge in [-0.15, -0.1) is 0 Å². The number of aliphatic hydroxyl groups is 3. The van der Waals surface area contributed by atoms with Crippen molar-refractivity contribution in [2.45, 2.75) is 103 Å². The van der Waals surface area contributed by atoms with Crippen LogP contribution in [0.2, 0.25) is 0 Å². The zero-order valence-corrected chi connectivity index (χ0v) is 19.5. The molecule has 3 heteroatoms. The first-order valence-corrected chi connectivity index (χ1v) is 11.9. The van der Waals surface area contributed by atoms with Gasteiger partial charge in [0.1, 0.15) is 0 Å². The average molecular weight is 415 g/mol. The summed E-state index contributed by atoms with van der Waals surface area (Å²) in [6, 6.07) is 0. The van der Waals surface area contributed by atoms with Gasteiger partial charge in [-0.25, -0.2) is 0 Å². The molecule has 3 aliphatic rings. The molecule has 2 fully saturated rings. The van der Waals surface area contributed by atoms with E-state index in [0.29, 0.717) is 24.7 Å². The summed E-state index contributed by atoms with van der Waals surface area (Å²) >= 11 is 0. The van der Waals surface area contributed by atoms with Crippen LogP contribution in [0, 0.1) is 17.3 Å². The van der Waals surface area contributed by atoms with Gasteiger partial charge in [0.05, 0.1) is 17.8 Å². The van der Waals surface area contributed by atoms with E-state index in [1.165, 1.54) is 18.4 Å². The molecule has 30 heavy (non-hydrogen) atoms. The van der Waals surface area contributed by atoms with Crippen molar-refractivity contribution in [3.05, 3.63) is 47.1 Å². The van der Waals surface area contributed by atoms with E-state index in [0.717, 1.165) is 43.3 Å². The lowest BCUT2D eigenvalue weighted by molar-refractivity contribution is 0.0670. The minimum Gasteiger partial charge on any atom is -0.393 e. The maximum absolute atomic E-state index is 10.1. The Hall–Kier alpha value is -1.16. The molecule has 0 unspecified atom stereocenters. The summed E-state index contributed by atoms with van der Waals surface area (Å²) in [6.45, 7) is 12.7. The normalized spacial score (nSPS) is 36.2. The van der Waals surface area contributed by atoms with Gasteiger partial charge >= 0.3 is 0 Å². The van der Waals surface area contributed by atoms with Crippen molar-refractivity contribution in [1.82, 2.24) is 0 Å². The van der Waals surface area contributed by atoms with Gasteiger partial charge < -0.3 is 15.3 Å². The van der Waals surface area contributed by atoms with Gasteiger partial charge in [0, 0.05) is 6.42 Å². The van der Waals surface area contributed by atoms with Crippen LogP contribution in [0.25, 0.3) is 0 Å². The summed E-state index contributed by atoms with van der Waals surface area (Å²) in [5, 5.41) is 30.2. The SMILES string of the molecule is C=C1/C(=C\C=C2\CCC[C@]3(C)C([C@H](C)CCCC(C)(C)O)=CC[C@@H]23)C[C@@H](O)C[C@@H]1O. The standard InChI is InChI=1S/C27H42O3/c1-18(8-6-14-26(3,4)30)23-12-13-24-20(9-7-15-27(23,24)5)10-11-21-16-22(28)17-25(29)19(21)2/h10-12,18,22,24-25,28-30H,2,6-9,13-17H2,1,3-5H3/b20-10-,21-11-/t18-,22-,24+,25+,27-/m1/s1. The first kappa shape index (κ1) is 23.5. The van der Waals surface area contributed by atoms with Crippen LogP contribution in [0.15, 0.2) is 47.1 Å². The van der Waals surface area contributed by atoms with Crippen LogP contribution < -0.4 is 0 Å². The lowest BCUT2D eigenvalue weighted by Gasteiger charge is -2.42. The van der Waals surface area contributed by atoms with Crippen molar-refractivity contribution in [2.24, 2.45) is 17.3 Å². The number of fused-ring (bicyclic) bond motifs is 1. The first-order valence-electron chi connectivity index (χ1n) is 11.9. The zero-order valence-electron chi connectivity index (χ0n) is 19.5. The summed E-state index contributed by atoms with van der Waals surface area (Å²) in [6.07, 6.45) is 14.5. The smallest absolute Gasteiger partial charge is 0.0811 e. The van der Waals surface area contributed by atoms with E-state index >= 15 is 0 Å². The Labute approximate surface area is 183 Å². The Morgan fingerprint density at radius 3 is 2.73 bits per heavy atom. The number of rotatable bonds is 6. The molecule has 0 aromatic carbocycles.